The molecule has 0 aliphatic heterocycles. The maximum Gasteiger partial charge on any atom is 0.229 e. The normalized spacial score (nSPS) is 14.4. The summed E-state index contributed by atoms with van der Waals surface area (Å²) in [5, 5.41) is 8.92. The highest BCUT2D eigenvalue weighted by atomic mass is 16.2. The summed E-state index contributed by atoms with van der Waals surface area (Å²) in [6.45, 7) is 0. The van der Waals surface area contributed by atoms with Gasteiger partial charge in [-0.1, -0.05) is 12.1 Å². The van der Waals surface area contributed by atoms with Gasteiger partial charge >= 0.3 is 0 Å². The third-order valence-corrected chi connectivity index (χ3v) is 2.64. The van der Waals surface area contributed by atoms with Gasteiger partial charge in [0.05, 0.1) is 11.3 Å². The molecule has 1 saturated carbocycles. The molecule has 15 heavy (non-hydrogen) atoms. The molecule has 3 nitrogen and oxygen atoms in total. The van der Waals surface area contributed by atoms with Crippen molar-refractivity contribution in [3.63, 3.8) is 0 Å². The van der Waals surface area contributed by atoms with Crippen molar-refractivity contribution in [2.75, 3.05) is 11.9 Å². The van der Waals surface area contributed by atoms with Crippen LogP contribution in [0.2, 0.25) is 0 Å². The smallest absolute Gasteiger partial charge is 0.229 e. The van der Waals surface area contributed by atoms with E-state index in [1.54, 1.807) is 30.1 Å². The quantitative estimate of drug-likeness (QED) is 0.732. The Kier molecular flexibility index (Phi) is 2.42. The molecule has 1 fully saturated rings. The first-order valence-electron chi connectivity index (χ1n) is 5.00. The van der Waals surface area contributed by atoms with E-state index in [0.29, 0.717) is 11.3 Å². The molecule has 0 atom stereocenters. The van der Waals surface area contributed by atoms with Crippen molar-refractivity contribution in [2.45, 2.75) is 12.8 Å². The molecule has 0 heterocycles. The summed E-state index contributed by atoms with van der Waals surface area (Å²) in [5.41, 5.74) is 1.26. The van der Waals surface area contributed by atoms with Gasteiger partial charge in [-0.2, -0.15) is 5.26 Å². The summed E-state index contributed by atoms with van der Waals surface area (Å²) < 4.78 is 0. The van der Waals surface area contributed by atoms with Crippen LogP contribution in [0.25, 0.3) is 0 Å². The molecule has 2 rings (SSSR count). The number of hydrogen-bond donors (Lipinski definition) is 0. The van der Waals surface area contributed by atoms with Gasteiger partial charge in [-0.05, 0) is 25.0 Å². The number of hydrogen-bond acceptors (Lipinski definition) is 2. The highest BCUT2D eigenvalue weighted by Gasteiger charge is 2.32. The van der Waals surface area contributed by atoms with Gasteiger partial charge in [-0.25, -0.2) is 0 Å². The van der Waals surface area contributed by atoms with Crippen LogP contribution in [0.3, 0.4) is 0 Å². The molecule has 0 saturated heterocycles. The molecule has 0 radical (unpaired) electrons. The third-order valence-electron chi connectivity index (χ3n) is 2.64. The largest absolute Gasteiger partial charge is 0.314 e. The molecule has 76 valence electrons. The van der Waals surface area contributed by atoms with Crippen LogP contribution in [0.5, 0.6) is 0 Å². The van der Waals surface area contributed by atoms with E-state index >= 15 is 0 Å². The fourth-order valence-corrected chi connectivity index (χ4v) is 1.58. The van der Waals surface area contributed by atoms with Gasteiger partial charge in [0.15, 0.2) is 0 Å². The van der Waals surface area contributed by atoms with E-state index in [1.165, 1.54) is 0 Å². The Balaban J connectivity index is 2.28. The minimum Gasteiger partial charge on any atom is -0.314 e. The van der Waals surface area contributed by atoms with Crippen molar-refractivity contribution < 1.29 is 4.79 Å². The van der Waals surface area contributed by atoms with Crippen LogP contribution >= 0.6 is 0 Å². The number of anilines is 1. The summed E-state index contributed by atoms with van der Waals surface area (Å²) in [6.07, 6.45) is 1.97. The van der Waals surface area contributed by atoms with Crippen molar-refractivity contribution in [3.05, 3.63) is 29.8 Å². The number of benzene rings is 1. The lowest BCUT2D eigenvalue weighted by atomic mass is 10.1. The first-order valence-corrected chi connectivity index (χ1v) is 5.00. The number of carbonyl (C=O) groups is 1. The minimum absolute atomic E-state index is 0.123. The molecule has 0 N–H and O–H groups in total. The summed E-state index contributed by atoms with van der Waals surface area (Å²) >= 11 is 0. The summed E-state index contributed by atoms with van der Waals surface area (Å²) in [6, 6.07) is 9.27. The molecular formula is C12H12N2O. The number of nitriles is 1. The number of para-hydroxylation sites is 1. The summed E-state index contributed by atoms with van der Waals surface area (Å²) in [4.78, 5) is 13.4. The van der Waals surface area contributed by atoms with E-state index < -0.39 is 0 Å². The van der Waals surface area contributed by atoms with Gasteiger partial charge in [0.25, 0.3) is 0 Å². The first-order chi connectivity index (χ1) is 7.24. The average Bonchev–Trinajstić information content (AvgIpc) is 3.11. The molecule has 1 aliphatic carbocycles. The zero-order valence-electron chi connectivity index (χ0n) is 8.60. The lowest BCUT2D eigenvalue weighted by Gasteiger charge is -2.18. The monoisotopic (exact) mass is 200 g/mol. The van der Waals surface area contributed by atoms with E-state index in [4.69, 9.17) is 5.26 Å². The Hall–Kier alpha value is -1.82. The van der Waals surface area contributed by atoms with Crippen molar-refractivity contribution in [1.82, 2.24) is 0 Å². The predicted octanol–water partition coefficient (Wildman–Crippen LogP) is 1.93. The van der Waals surface area contributed by atoms with Gasteiger partial charge in [0.1, 0.15) is 6.07 Å². The van der Waals surface area contributed by atoms with Gasteiger partial charge in [-0.15, -0.1) is 0 Å². The Morgan fingerprint density at radius 1 is 1.47 bits per heavy atom. The minimum atomic E-state index is 0.123. The third kappa shape index (κ3) is 1.84. The van der Waals surface area contributed by atoms with Crippen molar-refractivity contribution in [3.8, 4) is 6.07 Å². The molecule has 0 aromatic heterocycles. The maximum atomic E-state index is 11.8. The Bertz CT molecular complexity index is 429. The zero-order valence-corrected chi connectivity index (χ0v) is 8.60. The molecule has 1 amide bonds. The fourth-order valence-electron chi connectivity index (χ4n) is 1.58. The maximum absolute atomic E-state index is 11.8. The van der Waals surface area contributed by atoms with Crippen molar-refractivity contribution >= 4 is 11.6 Å². The van der Waals surface area contributed by atoms with Crippen LogP contribution < -0.4 is 4.90 Å². The van der Waals surface area contributed by atoms with Crippen molar-refractivity contribution in [1.29, 1.82) is 5.26 Å². The highest BCUT2D eigenvalue weighted by molar-refractivity contribution is 5.97. The van der Waals surface area contributed by atoms with E-state index in [1.807, 2.05) is 6.07 Å². The first kappa shape index (κ1) is 9.72. The van der Waals surface area contributed by atoms with Gasteiger partial charge in [0.2, 0.25) is 5.91 Å². The van der Waals surface area contributed by atoms with Gasteiger partial charge in [0, 0.05) is 13.0 Å². The highest BCUT2D eigenvalue weighted by Crippen LogP contribution is 2.32. The Morgan fingerprint density at radius 3 is 2.73 bits per heavy atom. The lowest BCUT2D eigenvalue weighted by molar-refractivity contribution is -0.119. The zero-order chi connectivity index (χ0) is 10.8. The fraction of sp³-hybridized carbons (Fsp3) is 0.333. The Labute approximate surface area is 88.9 Å². The van der Waals surface area contributed by atoms with E-state index in [0.717, 1.165) is 12.8 Å². The lowest BCUT2D eigenvalue weighted by Crippen LogP contribution is -2.28. The second-order valence-corrected chi connectivity index (χ2v) is 3.80. The molecule has 0 unspecified atom stereocenters. The van der Waals surface area contributed by atoms with Crippen LogP contribution in [0, 0.1) is 17.2 Å². The predicted molar refractivity (Wildman–Crippen MR) is 57.3 cm³/mol. The van der Waals surface area contributed by atoms with E-state index in [2.05, 4.69) is 6.07 Å². The van der Waals surface area contributed by atoms with Crippen LogP contribution in [0.15, 0.2) is 24.3 Å². The van der Waals surface area contributed by atoms with Crippen LogP contribution in [-0.2, 0) is 4.79 Å². The summed E-state index contributed by atoms with van der Waals surface area (Å²) in [7, 11) is 1.73. The van der Waals surface area contributed by atoms with Crippen LogP contribution in [0.1, 0.15) is 18.4 Å². The molecule has 0 spiro atoms. The topological polar surface area (TPSA) is 44.1 Å². The SMILES string of the molecule is CN(C(=O)C1CC1)c1ccccc1C#N. The number of nitrogens with zero attached hydrogens (tertiary/aromatic N) is 2. The van der Waals surface area contributed by atoms with Crippen molar-refractivity contribution in [2.24, 2.45) is 5.92 Å². The molecule has 1 aliphatic rings. The molecule has 1 aromatic carbocycles. The van der Waals surface area contributed by atoms with E-state index in [-0.39, 0.29) is 11.8 Å². The second-order valence-electron chi connectivity index (χ2n) is 3.80. The van der Waals surface area contributed by atoms with Gasteiger partial charge in [-0.3, -0.25) is 4.79 Å². The molecule has 3 heteroatoms. The molecular weight excluding hydrogens is 188 g/mol. The van der Waals surface area contributed by atoms with Crippen LogP contribution in [0.4, 0.5) is 5.69 Å². The van der Waals surface area contributed by atoms with Crippen LogP contribution in [-0.4, -0.2) is 13.0 Å². The Morgan fingerprint density at radius 2 is 2.13 bits per heavy atom. The second kappa shape index (κ2) is 3.74. The number of amides is 1. The van der Waals surface area contributed by atoms with E-state index in [9.17, 15) is 4.79 Å². The summed E-state index contributed by atoms with van der Waals surface area (Å²) in [5.74, 6) is 0.305. The number of rotatable bonds is 2. The average molecular weight is 200 g/mol. The molecule has 0 bridgehead atoms. The number of carbonyl (C=O) groups excluding carboxylic acids is 1. The standard InChI is InChI=1S/C12H12N2O/c1-14(12(15)9-6-7-9)11-5-3-2-4-10(11)8-13/h2-5,9H,6-7H2,1H3. The van der Waals surface area contributed by atoms with Gasteiger partial charge < -0.3 is 4.90 Å². The molecule has 1 aromatic rings.